The number of nitrogens with zero attached hydrogens (tertiary/aromatic N) is 6. The van der Waals surface area contributed by atoms with E-state index in [0.717, 1.165) is 16.9 Å². The molecule has 0 fully saturated rings. The van der Waals surface area contributed by atoms with E-state index in [9.17, 15) is 4.79 Å². The lowest BCUT2D eigenvalue weighted by Gasteiger charge is -2.15. The second kappa shape index (κ2) is 6.74. The van der Waals surface area contributed by atoms with E-state index in [4.69, 9.17) is 11.6 Å². The summed E-state index contributed by atoms with van der Waals surface area (Å²) in [6.45, 7) is 1.05. The summed E-state index contributed by atoms with van der Waals surface area (Å²) in [6, 6.07) is 5.47. The van der Waals surface area contributed by atoms with Gasteiger partial charge in [-0.05, 0) is 35.0 Å². The molecule has 9 heteroatoms. The quantitative estimate of drug-likeness (QED) is 0.740. The minimum atomic E-state index is 0.0524. The van der Waals surface area contributed by atoms with Crippen LogP contribution in [0.5, 0.6) is 0 Å². The molecule has 2 heterocycles. The summed E-state index contributed by atoms with van der Waals surface area (Å²) in [7, 11) is 1.76. The van der Waals surface area contributed by atoms with Crippen LogP contribution >= 0.6 is 11.6 Å². The van der Waals surface area contributed by atoms with Crippen LogP contribution < -0.4 is 0 Å². The molecular weight excluding hydrogens is 318 g/mol. The Morgan fingerprint density at radius 3 is 3.09 bits per heavy atom. The van der Waals surface area contributed by atoms with Crippen LogP contribution in [0.1, 0.15) is 18.7 Å². The maximum absolute atomic E-state index is 12.1. The smallest absolute Gasteiger partial charge is 0.222 e. The molecule has 0 saturated carbocycles. The number of halogens is 1. The first-order valence-electron chi connectivity index (χ1n) is 7.21. The predicted octanol–water partition coefficient (Wildman–Crippen LogP) is 1.64. The molecule has 0 atom stereocenters. The van der Waals surface area contributed by atoms with E-state index in [2.05, 4.69) is 25.5 Å². The molecule has 0 spiro atoms. The number of tetrazole rings is 1. The van der Waals surface area contributed by atoms with Gasteiger partial charge < -0.3 is 9.88 Å². The normalized spacial score (nSPS) is 11.0. The molecule has 0 aliphatic carbocycles. The number of hydrogen-bond acceptors (Lipinski definition) is 5. The van der Waals surface area contributed by atoms with Crippen molar-refractivity contribution < 1.29 is 4.79 Å². The van der Waals surface area contributed by atoms with Gasteiger partial charge in [-0.1, -0.05) is 11.6 Å². The van der Waals surface area contributed by atoms with Gasteiger partial charge in [-0.3, -0.25) is 4.79 Å². The summed E-state index contributed by atoms with van der Waals surface area (Å²) < 4.78 is 1.61. The van der Waals surface area contributed by atoms with E-state index in [1.807, 2.05) is 12.1 Å². The molecule has 0 radical (unpaired) electrons. The van der Waals surface area contributed by atoms with E-state index in [0.29, 0.717) is 31.0 Å². The third kappa shape index (κ3) is 3.84. The van der Waals surface area contributed by atoms with Crippen molar-refractivity contribution >= 4 is 28.5 Å². The fourth-order valence-electron chi connectivity index (χ4n) is 2.29. The van der Waals surface area contributed by atoms with Crippen molar-refractivity contribution in [1.82, 2.24) is 35.1 Å². The van der Waals surface area contributed by atoms with Crippen molar-refractivity contribution in [3.63, 3.8) is 0 Å². The minimum absolute atomic E-state index is 0.0524. The first-order valence-corrected chi connectivity index (χ1v) is 7.58. The zero-order chi connectivity index (χ0) is 16.2. The molecule has 0 bridgehead atoms. The van der Waals surface area contributed by atoms with Gasteiger partial charge in [0, 0.05) is 25.0 Å². The van der Waals surface area contributed by atoms with Crippen LogP contribution in [0.3, 0.4) is 0 Å². The van der Waals surface area contributed by atoms with Gasteiger partial charge in [0.15, 0.2) is 0 Å². The Bertz CT molecular complexity index is 799. The third-order valence-electron chi connectivity index (χ3n) is 3.47. The van der Waals surface area contributed by atoms with Gasteiger partial charge in [0.05, 0.1) is 17.6 Å². The first kappa shape index (κ1) is 15.4. The molecule has 0 saturated heterocycles. The zero-order valence-corrected chi connectivity index (χ0v) is 13.4. The van der Waals surface area contributed by atoms with Crippen molar-refractivity contribution in [2.45, 2.75) is 25.9 Å². The molecule has 0 unspecified atom stereocenters. The molecule has 1 aromatic carbocycles. The SMILES string of the molecule is CN(Cc1nc2ccc(Cl)cc2[nH]1)C(=O)CCCn1cnnn1. The number of rotatable bonds is 6. The summed E-state index contributed by atoms with van der Waals surface area (Å²) in [5.41, 5.74) is 1.70. The molecule has 1 amide bonds. The number of benzene rings is 1. The summed E-state index contributed by atoms with van der Waals surface area (Å²) in [4.78, 5) is 21.4. The molecule has 2 aromatic heterocycles. The number of aromatic amines is 1. The van der Waals surface area contributed by atoms with E-state index < -0.39 is 0 Å². The largest absolute Gasteiger partial charge is 0.340 e. The Morgan fingerprint density at radius 1 is 1.43 bits per heavy atom. The number of fused-ring (bicyclic) bond motifs is 1. The van der Waals surface area contributed by atoms with Crippen LogP contribution in [-0.4, -0.2) is 48.0 Å². The molecule has 1 N–H and O–H groups in total. The maximum atomic E-state index is 12.1. The number of imidazole rings is 1. The Balaban J connectivity index is 1.54. The fraction of sp³-hybridized carbons (Fsp3) is 0.357. The highest BCUT2D eigenvalue weighted by molar-refractivity contribution is 6.31. The van der Waals surface area contributed by atoms with E-state index in [1.165, 1.54) is 6.33 Å². The standard InChI is InChI=1S/C14H16ClN7O/c1-21(14(23)3-2-6-22-9-16-19-20-22)8-13-17-11-5-4-10(15)7-12(11)18-13/h4-5,7,9H,2-3,6,8H2,1H3,(H,17,18). The summed E-state index contributed by atoms with van der Waals surface area (Å²) >= 11 is 5.96. The zero-order valence-electron chi connectivity index (χ0n) is 12.6. The van der Waals surface area contributed by atoms with Gasteiger partial charge in [0.1, 0.15) is 12.2 Å². The van der Waals surface area contributed by atoms with Crippen molar-refractivity contribution in [2.75, 3.05) is 7.05 Å². The van der Waals surface area contributed by atoms with Crippen LogP contribution in [0.25, 0.3) is 11.0 Å². The highest BCUT2D eigenvalue weighted by atomic mass is 35.5. The molecule has 3 aromatic rings. The summed E-state index contributed by atoms with van der Waals surface area (Å²) in [6.07, 6.45) is 2.65. The highest BCUT2D eigenvalue weighted by Gasteiger charge is 2.12. The highest BCUT2D eigenvalue weighted by Crippen LogP contribution is 2.17. The maximum Gasteiger partial charge on any atom is 0.222 e. The molecule has 23 heavy (non-hydrogen) atoms. The lowest BCUT2D eigenvalue weighted by molar-refractivity contribution is -0.130. The summed E-state index contributed by atoms with van der Waals surface area (Å²) in [5, 5.41) is 11.5. The number of nitrogens with one attached hydrogen (secondary N) is 1. The average molecular weight is 334 g/mol. The Hall–Kier alpha value is -2.48. The Labute approximate surface area is 137 Å². The predicted molar refractivity (Wildman–Crippen MR) is 84.6 cm³/mol. The second-order valence-corrected chi connectivity index (χ2v) is 5.71. The topological polar surface area (TPSA) is 92.6 Å². The molecular formula is C14H16ClN7O. The molecule has 0 aliphatic heterocycles. The number of carbonyl (C=O) groups is 1. The summed E-state index contributed by atoms with van der Waals surface area (Å²) in [5.74, 6) is 0.787. The van der Waals surface area contributed by atoms with Crippen molar-refractivity contribution in [2.24, 2.45) is 0 Å². The average Bonchev–Trinajstić information content (AvgIpc) is 3.15. The first-order chi connectivity index (χ1) is 11.1. The fourth-order valence-corrected chi connectivity index (χ4v) is 2.46. The van der Waals surface area contributed by atoms with Crippen LogP contribution in [0.2, 0.25) is 5.02 Å². The van der Waals surface area contributed by atoms with Gasteiger partial charge in [0.2, 0.25) is 5.91 Å². The van der Waals surface area contributed by atoms with E-state index in [1.54, 1.807) is 22.7 Å². The second-order valence-electron chi connectivity index (χ2n) is 5.27. The van der Waals surface area contributed by atoms with Gasteiger partial charge in [-0.25, -0.2) is 9.67 Å². The number of aryl methyl sites for hydroxylation is 1. The van der Waals surface area contributed by atoms with Crippen LogP contribution in [0, 0.1) is 0 Å². The van der Waals surface area contributed by atoms with Crippen LogP contribution in [-0.2, 0) is 17.9 Å². The van der Waals surface area contributed by atoms with Crippen LogP contribution in [0.4, 0.5) is 0 Å². The van der Waals surface area contributed by atoms with Gasteiger partial charge >= 0.3 is 0 Å². The van der Waals surface area contributed by atoms with Crippen molar-refractivity contribution in [1.29, 1.82) is 0 Å². The molecule has 0 aliphatic rings. The van der Waals surface area contributed by atoms with Crippen molar-refractivity contribution in [3.8, 4) is 0 Å². The van der Waals surface area contributed by atoms with Crippen LogP contribution in [0.15, 0.2) is 24.5 Å². The third-order valence-corrected chi connectivity index (χ3v) is 3.71. The number of carbonyl (C=O) groups excluding carboxylic acids is 1. The number of hydrogen-bond donors (Lipinski definition) is 1. The lowest BCUT2D eigenvalue weighted by atomic mass is 10.3. The van der Waals surface area contributed by atoms with Gasteiger partial charge in [-0.15, -0.1) is 5.10 Å². The van der Waals surface area contributed by atoms with E-state index in [-0.39, 0.29) is 5.91 Å². The lowest BCUT2D eigenvalue weighted by Crippen LogP contribution is -2.26. The number of aromatic nitrogens is 6. The monoisotopic (exact) mass is 333 g/mol. The van der Waals surface area contributed by atoms with E-state index >= 15 is 0 Å². The number of H-pyrrole nitrogens is 1. The Morgan fingerprint density at radius 2 is 2.30 bits per heavy atom. The van der Waals surface area contributed by atoms with Crippen molar-refractivity contribution in [3.05, 3.63) is 35.4 Å². The number of amides is 1. The molecule has 3 rings (SSSR count). The minimum Gasteiger partial charge on any atom is -0.340 e. The molecule has 120 valence electrons. The van der Waals surface area contributed by atoms with Gasteiger partial charge in [-0.2, -0.15) is 0 Å². The molecule has 8 nitrogen and oxygen atoms in total. The van der Waals surface area contributed by atoms with Gasteiger partial charge in [0.25, 0.3) is 0 Å². The Kier molecular flexibility index (Phi) is 4.52.